The van der Waals surface area contributed by atoms with Crippen LogP contribution in [-0.2, 0) is 0 Å². The summed E-state index contributed by atoms with van der Waals surface area (Å²) in [4.78, 5) is 23.1. The topological polar surface area (TPSA) is 52.6 Å². The number of rotatable bonds is 17. The molecule has 4 nitrogen and oxygen atoms in total. The third kappa shape index (κ3) is 10.4. The maximum atomic E-state index is 11.5. The first-order chi connectivity index (χ1) is 16.6. The molecule has 0 spiro atoms. The molecule has 34 heavy (non-hydrogen) atoms. The Morgan fingerprint density at radius 1 is 0.588 bits per heavy atom. The van der Waals surface area contributed by atoms with E-state index in [1.165, 1.54) is 38.5 Å². The highest BCUT2D eigenvalue weighted by atomic mass is 16.5. The van der Waals surface area contributed by atoms with Crippen LogP contribution in [-0.4, -0.2) is 24.8 Å². The maximum Gasteiger partial charge on any atom is 0.235 e. The Kier molecular flexibility index (Phi) is 12.7. The van der Waals surface area contributed by atoms with Crippen molar-refractivity contribution < 1.29 is 19.1 Å². The monoisotopic (exact) mass is 458 g/mol. The second kappa shape index (κ2) is 16.2. The molecule has 4 heteroatoms. The molecule has 0 N–H and O–H groups in total. The summed E-state index contributed by atoms with van der Waals surface area (Å²) in [5, 5.41) is 0. The predicted octanol–water partition coefficient (Wildman–Crippen LogP) is 6.68. The molecule has 0 aliphatic carbocycles. The van der Waals surface area contributed by atoms with Crippen LogP contribution in [0, 0.1) is 24.7 Å². The number of unbranched alkanes of at least 4 members (excludes halogenated alkanes) is 9. The Bertz CT molecular complexity index is 912. The van der Waals surface area contributed by atoms with Crippen LogP contribution in [0.15, 0.2) is 48.5 Å². The van der Waals surface area contributed by atoms with Gasteiger partial charge in [0, 0.05) is 11.1 Å². The number of hydrogen-bond donors (Lipinski definition) is 0. The van der Waals surface area contributed by atoms with Gasteiger partial charge in [-0.1, -0.05) is 75.6 Å². The van der Waals surface area contributed by atoms with Gasteiger partial charge in [-0.05, 0) is 48.9 Å². The molecule has 2 aromatic carbocycles. The minimum atomic E-state index is -0.320. The van der Waals surface area contributed by atoms with Crippen LogP contribution in [0.25, 0.3) is 0 Å². The van der Waals surface area contributed by atoms with Crippen LogP contribution in [0.5, 0.6) is 11.5 Å². The minimum absolute atomic E-state index is 0.320. The van der Waals surface area contributed by atoms with E-state index in [-0.39, 0.29) is 11.6 Å². The van der Waals surface area contributed by atoms with Crippen molar-refractivity contribution in [1.82, 2.24) is 0 Å². The van der Waals surface area contributed by atoms with Crippen LogP contribution in [0.2, 0.25) is 0 Å². The lowest BCUT2D eigenvalue weighted by Gasteiger charge is -2.07. The minimum Gasteiger partial charge on any atom is -0.494 e. The van der Waals surface area contributed by atoms with Crippen molar-refractivity contribution in [3.8, 4) is 36.2 Å². The molecule has 0 unspecified atom stereocenters. The van der Waals surface area contributed by atoms with Gasteiger partial charge in [-0.3, -0.25) is 9.59 Å². The highest BCUT2D eigenvalue weighted by molar-refractivity contribution is 6.09. The number of carbonyl (C=O) groups is 2. The smallest absolute Gasteiger partial charge is 0.235 e. The fourth-order valence-corrected chi connectivity index (χ4v) is 3.62. The standard InChI is InChI=1S/C30H34O4/c1-3-29(31)25-17-15-19-27(23-25)33-21-13-11-9-7-5-6-8-10-12-14-22-34-28-20-16-18-26(24-28)30(32)4-2/h1-2,15-20,23-24H,5-14,21-22H2. The lowest BCUT2D eigenvalue weighted by atomic mass is 10.1. The van der Waals surface area contributed by atoms with Crippen LogP contribution in [0.3, 0.4) is 0 Å². The van der Waals surface area contributed by atoms with E-state index in [0.29, 0.717) is 35.8 Å². The quantitative estimate of drug-likeness (QED) is 0.115. The van der Waals surface area contributed by atoms with E-state index in [0.717, 1.165) is 25.7 Å². The first kappa shape index (κ1) is 26.7. The molecule has 0 saturated carbocycles. The predicted molar refractivity (Wildman–Crippen MR) is 136 cm³/mol. The van der Waals surface area contributed by atoms with Crippen molar-refractivity contribution in [2.45, 2.75) is 64.2 Å². The molecule has 0 aliphatic rings. The zero-order valence-electron chi connectivity index (χ0n) is 19.9. The number of terminal acetylenes is 2. The second-order valence-corrected chi connectivity index (χ2v) is 8.24. The van der Waals surface area contributed by atoms with Crippen molar-refractivity contribution in [2.75, 3.05) is 13.2 Å². The number of hydrogen-bond acceptors (Lipinski definition) is 4. The summed E-state index contributed by atoms with van der Waals surface area (Å²) >= 11 is 0. The molecule has 0 aliphatic heterocycles. The Morgan fingerprint density at radius 3 is 1.29 bits per heavy atom. The molecule has 2 rings (SSSR count). The van der Waals surface area contributed by atoms with Crippen molar-refractivity contribution in [2.24, 2.45) is 0 Å². The van der Waals surface area contributed by atoms with Gasteiger partial charge in [0.1, 0.15) is 11.5 Å². The summed E-state index contributed by atoms with van der Waals surface area (Å²) in [6.45, 7) is 1.31. The first-order valence-corrected chi connectivity index (χ1v) is 12.1. The zero-order valence-corrected chi connectivity index (χ0v) is 19.9. The number of ether oxygens (including phenoxy) is 2. The molecular weight excluding hydrogens is 424 g/mol. The van der Waals surface area contributed by atoms with Crippen LogP contribution in [0.4, 0.5) is 0 Å². The summed E-state index contributed by atoms with van der Waals surface area (Å²) in [7, 11) is 0. The average molecular weight is 459 g/mol. The molecule has 0 atom stereocenters. The molecule has 0 fully saturated rings. The summed E-state index contributed by atoms with van der Waals surface area (Å²) in [5.41, 5.74) is 0.993. The van der Waals surface area contributed by atoms with Gasteiger partial charge in [0.25, 0.3) is 0 Å². The molecule has 0 aromatic heterocycles. The first-order valence-electron chi connectivity index (χ1n) is 12.1. The third-order valence-electron chi connectivity index (χ3n) is 5.53. The van der Waals surface area contributed by atoms with Gasteiger partial charge in [0.15, 0.2) is 0 Å². The van der Waals surface area contributed by atoms with Gasteiger partial charge < -0.3 is 9.47 Å². The van der Waals surface area contributed by atoms with Gasteiger partial charge >= 0.3 is 0 Å². The Balaban J connectivity index is 1.40. The average Bonchev–Trinajstić information content (AvgIpc) is 2.88. The molecule has 178 valence electrons. The lowest BCUT2D eigenvalue weighted by molar-refractivity contribution is 0.104. The Morgan fingerprint density at radius 2 is 0.941 bits per heavy atom. The molecule has 0 amide bonds. The van der Waals surface area contributed by atoms with Crippen molar-refractivity contribution in [3.63, 3.8) is 0 Å². The number of Topliss-reactive ketones (excluding diaryl/α,β-unsaturated/α-hetero) is 2. The fraction of sp³-hybridized carbons (Fsp3) is 0.400. The summed E-state index contributed by atoms with van der Waals surface area (Å²) < 4.78 is 11.5. The van der Waals surface area contributed by atoms with E-state index >= 15 is 0 Å². The van der Waals surface area contributed by atoms with Gasteiger partial charge in [0.05, 0.1) is 13.2 Å². The second-order valence-electron chi connectivity index (χ2n) is 8.24. The van der Waals surface area contributed by atoms with E-state index in [1.807, 2.05) is 12.1 Å². The molecule has 0 heterocycles. The Hall–Kier alpha value is -3.50. The van der Waals surface area contributed by atoms with Crippen molar-refractivity contribution >= 4 is 11.6 Å². The summed E-state index contributed by atoms with van der Waals surface area (Å²) in [5.74, 6) is 5.00. The highest BCUT2D eigenvalue weighted by Crippen LogP contribution is 2.16. The third-order valence-corrected chi connectivity index (χ3v) is 5.53. The van der Waals surface area contributed by atoms with Crippen molar-refractivity contribution in [3.05, 3.63) is 59.7 Å². The van der Waals surface area contributed by atoms with Crippen LogP contribution >= 0.6 is 0 Å². The number of carbonyl (C=O) groups excluding carboxylic acids is 2. The van der Waals surface area contributed by atoms with E-state index in [2.05, 4.69) is 11.8 Å². The van der Waals surface area contributed by atoms with E-state index in [9.17, 15) is 9.59 Å². The molecule has 2 aromatic rings. The summed E-state index contributed by atoms with van der Waals surface area (Å²) in [6, 6.07) is 14.1. The van der Waals surface area contributed by atoms with E-state index < -0.39 is 0 Å². The number of benzene rings is 2. The zero-order chi connectivity index (χ0) is 24.4. The molecular formula is C30H34O4. The largest absolute Gasteiger partial charge is 0.494 e. The fourth-order valence-electron chi connectivity index (χ4n) is 3.62. The Labute approximate surface area is 204 Å². The van der Waals surface area contributed by atoms with Crippen molar-refractivity contribution in [1.29, 1.82) is 0 Å². The van der Waals surface area contributed by atoms with Gasteiger partial charge in [-0.25, -0.2) is 0 Å². The van der Waals surface area contributed by atoms with Gasteiger partial charge in [-0.15, -0.1) is 12.8 Å². The van der Waals surface area contributed by atoms with E-state index in [4.69, 9.17) is 22.3 Å². The molecule has 0 saturated heterocycles. The number of ketones is 2. The van der Waals surface area contributed by atoms with E-state index in [1.54, 1.807) is 36.4 Å². The molecule has 0 radical (unpaired) electrons. The highest BCUT2D eigenvalue weighted by Gasteiger charge is 2.04. The maximum absolute atomic E-state index is 11.5. The summed E-state index contributed by atoms with van der Waals surface area (Å²) in [6.07, 6.45) is 22.1. The normalized spacial score (nSPS) is 10.2. The lowest BCUT2D eigenvalue weighted by Crippen LogP contribution is -2.00. The SMILES string of the molecule is C#CC(=O)c1cccc(OCCCCCCCCCCCCOc2cccc(C(=O)C#C)c2)c1. The van der Waals surface area contributed by atoms with Gasteiger partial charge in [0.2, 0.25) is 11.6 Å². The van der Waals surface area contributed by atoms with Crippen LogP contribution in [0.1, 0.15) is 84.9 Å². The van der Waals surface area contributed by atoms with Gasteiger partial charge in [-0.2, -0.15) is 0 Å². The molecule has 0 bridgehead atoms. The van der Waals surface area contributed by atoms with Crippen LogP contribution < -0.4 is 9.47 Å².